The number of alkyl halides is 4. The van der Waals surface area contributed by atoms with Gasteiger partial charge in [0.1, 0.15) is 5.82 Å². The minimum absolute atomic E-state index is 0.0567. The van der Waals surface area contributed by atoms with Gasteiger partial charge in [-0.2, -0.15) is 13.2 Å². The highest BCUT2D eigenvalue weighted by atomic mass is 35.5. The fraction of sp³-hybridized carbons (Fsp3) is 0.333. The summed E-state index contributed by atoms with van der Waals surface area (Å²) in [5.74, 6) is -1.61. The molecule has 1 atom stereocenters. The lowest BCUT2D eigenvalue weighted by molar-refractivity contribution is -0.140. The van der Waals surface area contributed by atoms with Gasteiger partial charge in [-0.1, -0.05) is 6.07 Å². The lowest BCUT2D eigenvalue weighted by Gasteiger charge is -2.12. The Bertz CT molecular complexity index is 350. The Kier molecular flexibility index (Phi) is 3.57. The highest BCUT2D eigenvalue weighted by Crippen LogP contribution is 2.33. The van der Waals surface area contributed by atoms with Gasteiger partial charge in [0.15, 0.2) is 0 Å². The van der Waals surface area contributed by atoms with Crippen LogP contribution in [0.2, 0.25) is 0 Å². The second-order valence-corrected chi connectivity index (χ2v) is 3.22. The lowest BCUT2D eigenvalue weighted by Crippen LogP contribution is -2.10. The molecule has 1 rings (SSSR count). The fourth-order valence-corrected chi connectivity index (χ4v) is 1.23. The topological polar surface area (TPSA) is 20.2 Å². The van der Waals surface area contributed by atoms with Crippen molar-refractivity contribution in [1.82, 2.24) is 0 Å². The normalized spacial score (nSPS) is 14.0. The average molecular weight is 243 g/mol. The number of aliphatic hydroxyl groups is 1. The predicted octanol–water partition coefficient (Wildman–Crippen LogP) is 3.12. The van der Waals surface area contributed by atoms with Gasteiger partial charge in [-0.3, -0.25) is 0 Å². The van der Waals surface area contributed by atoms with Gasteiger partial charge in [0.25, 0.3) is 0 Å². The molecule has 0 unspecified atom stereocenters. The van der Waals surface area contributed by atoms with Gasteiger partial charge in [-0.15, -0.1) is 11.6 Å². The van der Waals surface area contributed by atoms with Gasteiger partial charge in [0, 0.05) is 0 Å². The number of halogens is 5. The van der Waals surface area contributed by atoms with Crippen LogP contribution in [0.3, 0.4) is 0 Å². The SMILES string of the molecule is O[C@@H](CCl)c1ccc(F)c(C(F)(F)F)c1. The number of rotatable bonds is 2. The molecule has 0 aliphatic rings. The molecule has 0 saturated heterocycles. The molecule has 1 aromatic carbocycles. The summed E-state index contributed by atoms with van der Waals surface area (Å²) in [5, 5.41) is 9.19. The summed E-state index contributed by atoms with van der Waals surface area (Å²) >= 11 is 5.27. The van der Waals surface area contributed by atoms with Crippen LogP contribution in [0, 0.1) is 5.82 Å². The van der Waals surface area contributed by atoms with Gasteiger partial charge < -0.3 is 5.11 Å². The van der Waals surface area contributed by atoms with Crippen molar-refractivity contribution in [3.63, 3.8) is 0 Å². The van der Waals surface area contributed by atoms with Crippen LogP contribution >= 0.6 is 11.6 Å². The van der Waals surface area contributed by atoms with Crippen molar-refractivity contribution in [3.8, 4) is 0 Å². The first-order valence-corrected chi connectivity index (χ1v) is 4.50. The standard InChI is InChI=1S/C9H7ClF4O/c10-4-8(15)5-1-2-7(11)6(3-5)9(12,13)14/h1-3,8,15H,4H2/t8-/m0/s1. The van der Waals surface area contributed by atoms with Crippen molar-refractivity contribution in [2.45, 2.75) is 12.3 Å². The van der Waals surface area contributed by atoms with Crippen LogP contribution in [0.5, 0.6) is 0 Å². The molecule has 0 fully saturated rings. The van der Waals surface area contributed by atoms with Gasteiger partial charge >= 0.3 is 6.18 Å². The molecule has 0 aromatic heterocycles. The Morgan fingerprint density at radius 2 is 1.93 bits per heavy atom. The Balaban J connectivity index is 3.17. The van der Waals surface area contributed by atoms with E-state index in [2.05, 4.69) is 0 Å². The smallest absolute Gasteiger partial charge is 0.387 e. The minimum Gasteiger partial charge on any atom is -0.387 e. The first-order valence-electron chi connectivity index (χ1n) is 3.97. The van der Waals surface area contributed by atoms with Crippen molar-refractivity contribution in [2.75, 3.05) is 5.88 Å². The van der Waals surface area contributed by atoms with Gasteiger partial charge in [-0.05, 0) is 17.7 Å². The van der Waals surface area contributed by atoms with Crippen molar-refractivity contribution in [1.29, 1.82) is 0 Å². The maximum absolute atomic E-state index is 12.8. The molecule has 0 amide bonds. The van der Waals surface area contributed by atoms with E-state index in [9.17, 15) is 22.7 Å². The van der Waals surface area contributed by atoms with E-state index >= 15 is 0 Å². The molecular weight excluding hydrogens is 236 g/mol. The van der Waals surface area contributed by atoms with E-state index in [1.165, 1.54) is 0 Å². The Morgan fingerprint density at radius 1 is 1.33 bits per heavy atom. The van der Waals surface area contributed by atoms with Gasteiger partial charge in [-0.25, -0.2) is 4.39 Å². The fourth-order valence-electron chi connectivity index (χ4n) is 1.06. The summed E-state index contributed by atoms with van der Waals surface area (Å²) in [6.07, 6.45) is -6.00. The van der Waals surface area contributed by atoms with Crippen LogP contribution in [0.15, 0.2) is 18.2 Å². The third-order valence-electron chi connectivity index (χ3n) is 1.83. The first-order chi connectivity index (χ1) is 6.86. The van der Waals surface area contributed by atoms with E-state index in [0.29, 0.717) is 12.1 Å². The van der Waals surface area contributed by atoms with Crippen LogP contribution in [0.4, 0.5) is 17.6 Å². The van der Waals surface area contributed by atoms with Crippen LogP contribution in [-0.4, -0.2) is 11.0 Å². The molecule has 0 bridgehead atoms. The van der Waals surface area contributed by atoms with Gasteiger partial charge in [0.2, 0.25) is 0 Å². The monoisotopic (exact) mass is 242 g/mol. The summed E-state index contributed by atoms with van der Waals surface area (Å²) in [4.78, 5) is 0. The molecule has 0 radical (unpaired) electrons. The van der Waals surface area contributed by atoms with E-state index in [1.54, 1.807) is 0 Å². The highest BCUT2D eigenvalue weighted by molar-refractivity contribution is 6.18. The number of hydrogen-bond acceptors (Lipinski definition) is 1. The van der Waals surface area contributed by atoms with Crippen LogP contribution in [0.25, 0.3) is 0 Å². The summed E-state index contributed by atoms with van der Waals surface area (Å²) in [6, 6.07) is 2.29. The van der Waals surface area contributed by atoms with E-state index in [-0.39, 0.29) is 11.4 Å². The third kappa shape index (κ3) is 2.82. The number of aliphatic hydroxyl groups excluding tert-OH is 1. The molecule has 15 heavy (non-hydrogen) atoms. The largest absolute Gasteiger partial charge is 0.419 e. The van der Waals surface area contributed by atoms with Crippen molar-refractivity contribution < 1.29 is 22.7 Å². The van der Waals surface area contributed by atoms with Crippen LogP contribution in [0.1, 0.15) is 17.2 Å². The first kappa shape index (κ1) is 12.3. The molecule has 1 nitrogen and oxygen atoms in total. The zero-order valence-corrected chi connectivity index (χ0v) is 8.11. The van der Waals surface area contributed by atoms with Crippen LogP contribution in [-0.2, 0) is 6.18 Å². The molecule has 0 saturated carbocycles. The molecule has 0 aliphatic heterocycles. The summed E-state index contributed by atoms with van der Waals surface area (Å²) in [6.45, 7) is 0. The Hall–Kier alpha value is -0.810. The zero-order valence-electron chi connectivity index (χ0n) is 7.35. The van der Waals surface area contributed by atoms with Crippen LogP contribution < -0.4 is 0 Å². The lowest BCUT2D eigenvalue weighted by atomic mass is 10.1. The summed E-state index contributed by atoms with van der Waals surface area (Å²) < 4.78 is 49.5. The highest BCUT2D eigenvalue weighted by Gasteiger charge is 2.34. The van der Waals surface area contributed by atoms with Crippen molar-refractivity contribution in [3.05, 3.63) is 35.1 Å². The van der Waals surface area contributed by atoms with E-state index in [4.69, 9.17) is 11.6 Å². The zero-order chi connectivity index (χ0) is 11.6. The van der Waals surface area contributed by atoms with Gasteiger partial charge in [0.05, 0.1) is 17.5 Å². The molecule has 6 heteroatoms. The number of benzene rings is 1. The molecule has 1 aromatic rings. The predicted molar refractivity (Wildman–Crippen MR) is 47.1 cm³/mol. The second kappa shape index (κ2) is 4.37. The Labute approximate surface area is 88.3 Å². The second-order valence-electron chi connectivity index (χ2n) is 2.91. The molecule has 1 N–H and O–H groups in total. The molecule has 0 heterocycles. The molecular formula is C9H7ClF4O. The quantitative estimate of drug-likeness (QED) is 0.624. The number of hydrogen-bond donors (Lipinski definition) is 1. The molecule has 84 valence electrons. The molecule has 0 spiro atoms. The summed E-state index contributed by atoms with van der Waals surface area (Å²) in [7, 11) is 0. The van der Waals surface area contributed by atoms with E-state index < -0.39 is 23.7 Å². The van der Waals surface area contributed by atoms with Crippen molar-refractivity contribution in [2.24, 2.45) is 0 Å². The minimum atomic E-state index is -4.77. The Morgan fingerprint density at radius 3 is 2.40 bits per heavy atom. The third-order valence-corrected chi connectivity index (χ3v) is 2.12. The molecule has 0 aliphatic carbocycles. The van der Waals surface area contributed by atoms with Crippen molar-refractivity contribution >= 4 is 11.6 Å². The maximum Gasteiger partial charge on any atom is 0.419 e. The van der Waals surface area contributed by atoms with E-state index in [1.807, 2.05) is 0 Å². The summed E-state index contributed by atoms with van der Waals surface area (Å²) in [5.41, 5.74) is -1.46. The van der Waals surface area contributed by atoms with E-state index in [0.717, 1.165) is 6.07 Å². The average Bonchev–Trinajstić information content (AvgIpc) is 2.15. The maximum atomic E-state index is 12.8.